The van der Waals surface area contributed by atoms with Gasteiger partial charge in [0.25, 0.3) is 0 Å². The molecule has 0 aliphatic carbocycles. The SMILES string of the molecule is CCNC(=NCCOc1ccccc1)N1CCN(c2ccccc2O)CC1.I. The number of aromatic hydroxyl groups is 1. The fourth-order valence-corrected chi connectivity index (χ4v) is 3.15. The van der Waals surface area contributed by atoms with Gasteiger partial charge in [0.15, 0.2) is 5.96 Å². The van der Waals surface area contributed by atoms with Crippen molar-refractivity contribution in [3.05, 3.63) is 54.6 Å². The molecule has 0 amide bonds. The number of hydrogen-bond donors (Lipinski definition) is 2. The van der Waals surface area contributed by atoms with Crippen LogP contribution in [-0.2, 0) is 0 Å². The monoisotopic (exact) mass is 496 g/mol. The predicted octanol–water partition coefficient (Wildman–Crippen LogP) is 3.18. The Morgan fingerprint density at radius 3 is 2.39 bits per heavy atom. The zero-order valence-electron chi connectivity index (χ0n) is 16.3. The van der Waals surface area contributed by atoms with Crippen molar-refractivity contribution in [2.24, 2.45) is 4.99 Å². The Morgan fingerprint density at radius 1 is 1.04 bits per heavy atom. The smallest absolute Gasteiger partial charge is 0.194 e. The summed E-state index contributed by atoms with van der Waals surface area (Å²) in [6.45, 7) is 7.49. The molecular weight excluding hydrogens is 467 g/mol. The number of hydrogen-bond acceptors (Lipinski definition) is 4. The molecule has 0 atom stereocenters. The predicted molar refractivity (Wildman–Crippen MR) is 125 cm³/mol. The summed E-state index contributed by atoms with van der Waals surface area (Å²) in [6, 6.07) is 17.3. The lowest BCUT2D eigenvalue weighted by atomic mass is 10.2. The number of phenolic OH excluding ortho intramolecular Hbond substituents is 1. The Balaban J connectivity index is 0.00000280. The highest BCUT2D eigenvalue weighted by Crippen LogP contribution is 2.27. The summed E-state index contributed by atoms with van der Waals surface area (Å²) < 4.78 is 5.72. The molecule has 1 saturated heterocycles. The number of ether oxygens (including phenoxy) is 1. The van der Waals surface area contributed by atoms with Gasteiger partial charge in [-0.25, -0.2) is 4.99 Å². The summed E-state index contributed by atoms with van der Waals surface area (Å²) in [5, 5.41) is 13.4. The summed E-state index contributed by atoms with van der Waals surface area (Å²) in [5.74, 6) is 2.13. The molecule has 2 aromatic rings. The summed E-state index contributed by atoms with van der Waals surface area (Å²) in [5.41, 5.74) is 0.898. The van der Waals surface area contributed by atoms with E-state index in [-0.39, 0.29) is 24.0 Å². The number of anilines is 1. The van der Waals surface area contributed by atoms with Crippen LogP contribution in [0.3, 0.4) is 0 Å². The molecular formula is C21H29IN4O2. The first-order valence-electron chi connectivity index (χ1n) is 9.52. The number of rotatable bonds is 6. The van der Waals surface area contributed by atoms with E-state index in [9.17, 15) is 5.11 Å². The zero-order chi connectivity index (χ0) is 18.9. The van der Waals surface area contributed by atoms with Gasteiger partial charge in [-0.15, -0.1) is 24.0 Å². The number of nitrogens with zero attached hydrogens (tertiary/aromatic N) is 3. The average molecular weight is 496 g/mol. The Morgan fingerprint density at radius 2 is 1.71 bits per heavy atom. The van der Waals surface area contributed by atoms with Gasteiger partial charge in [-0.3, -0.25) is 0 Å². The number of benzene rings is 2. The molecule has 0 unspecified atom stereocenters. The maximum Gasteiger partial charge on any atom is 0.194 e. The van der Waals surface area contributed by atoms with Gasteiger partial charge in [-0.2, -0.15) is 0 Å². The number of aliphatic imine (C=N–C) groups is 1. The molecule has 3 rings (SSSR count). The lowest BCUT2D eigenvalue weighted by molar-refractivity contribution is 0.325. The fourth-order valence-electron chi connectivity index (χ4n) is 3.15. The van der Waals surface area contributed by atoms with E-state index < -0.39 is 0 Å². The van der Waals surface area contributed by atoms with Gasteiger partial charge in [-0.05, 0) is 31.2 Å². The number of phenols is 1. The lowest BCUT2D eigenvalue weighted by Gasteiger charge is -2.37. The number of halogens is 1. The quantitative estimate of drug-likeness (QED) is 0.279. The highest BCUT2D eigenvalue weighted by Gasteiger charge is 2.21. The molecule has 0 aromatic heterocycles. The molecule has 1 aliphatic rings. The number of para-hydroxylation sites is 3. The summed E-state index contributed by atoms with van der Waals surface area (Å²) in [7, 11) is 0. The molecule has 152 valence electrons. The molecule has 1 fully saturated rings. The van der Waals surface area contributed by atoms with Gasteiger partial charge in [0.1, 0.15) is 18.1 Å². The van der Waals surface area contributed by atoms with Crippen molar-refractivity contribution in [1.82, 2.24) is 10.2 Å². The Hall–Kier alpha value is -2.16. The van der Waals surface area contributed by atoms with Crippen molar-refractivity contribution < 1.29 is 9.84 Å². The van der Waals surface area contributed by atoms with Crippen molar-refractivity contribution in [3.8, 4) is 11.5 Å². The van der Waals surface area contributed by atoms with Crippen LogP contribution in [0.1, 0.15) is 6.92 Å². The second-order valence-corrected chi connectivity index (χ2v) is 6.36. The van der Waals surface area contributed by atoms with Crippen LogP contribution < -0.4 is 15.0 Å². The molecule has 2 N–H and O–H groups in total. The van der Waals surface area contributed by atoms with Crippen LogP contribution in [0.25, 0.3) is 0 Å². The molecule has 28 heavy (non-hydrogen) atoms. The Bertz CT molecular complexity index is 734. The van der Waals surface area contributed by atoms with E-state index in [4.69, 9.17) is 9.73 Å². The topological polar surface area (TPSA) is 60.3 Å². The van der Waals surface area contributed by atoms with Gasteiger partial charge in [0, 0.05) is 32.7 Å². The van der Waals surface area contributed by atoms with Crippen molar-refractivity contribution in [2.75, 3.05) is 50.8 Å². The van der Waals surface area contributed by atoms with Gasteiger partial charge in [0.2, 0.25) is 0 Å². The van der Waals surface area contributed by atoms with Crippen LogP contribution in [0.4, 0.5) is 5.69 Å². The molecule has 1 heterocycles. The van der Waals surface area contributed by atoms with Crippen LogP contribution >= 0.6 is 24.0 Å². The highest BCUT2D eigenvalue weighted by molar-refractivity contribution is 14.0. The third-order valence-corrected chi connectivity index (χ3v) is 4.50. The summed E-state index contributed by atoms with van der Waals surface area (Å²) in [4.78, 5) is 9.19. The maximum absolute atomic E-state index is 10.1. The van der Waals surface area contributed by atoms with Gasteiger partial charge < -0.3 is 25.0 Å². The lowest BCUT2D eigenvalue weighted by Crippen LogP contribution is -2.52. The van der Waals surface area contributed by atoms with Crippen molar-refractivity contribution in [2.45, 2.75) is 6.92 Å². The molecule has 1 aliphatic heterocycles. The zero-order valence-corrected chi connectivity index (χ0v) is 18.6. The molecule has 2 aromatic carbocycles. The van der Waals surface area contributed by atoms with Crippen molar-refractivity contribution in [1.29, 1.82) is 0 Å². The molecule has 6 nitrogen and oxygen atoms in total. The van der Waals surface area contributed by atoms with Crippen LogP contribution in [0.2, 0.25) is 0 Å². The standard InChI is InChI=1S/C21H28N4O2.HI/c1-2-22-21(23-12-17-27-18-8-4-3-5-9-18)25-15-13-24(14-16-25)19-10-6-7-11-20(19)26;/h3-11,26H,2,12-17H2,1H3,(H,22,23);1H. The second kappa shape index (κ2) is 11.6. The Labute approximate surface area is 184 Å². The van der Waals surface area contributed by atoms with E-state index in [1.165, 1.54) is 0 Å². The third-order valence-electron chi connectivity index (χ3n) is 4.50. The van der Waals surface area contributed by atoms with Crippen molar-refractivity contribution in [3.63, 3.8) is 0 Å². The first-order chi connectivity index (χ1) is 13.3. The van der Waals surface area contributed by atoms with Crippen LogP contribution in [0.15, 0.2) is 59.6 Å². The number of nitrogens with one attached hydrogen (secondary N) is 1. The van der Waals surface area contributed by atoms with Crippen LogP contribution in [-0.4, -0.2) is 61.8 Å². The third kappa shape index (κ3) is 6.19. The first-order valence-corrected chi connectivity index (χ1v) is 9.52. The molecule has 0 spiro atoms. The normalized spacial score (nSPS) is 14.4. The number of piperazine rings is 1. The van der Waals surface area contributed by atoms with Crippen LogP contribution in [0.5, 0.6) is 11.5 Å². The summed E-state index contributed by atoms with van der Waals surface area (Å²) in [6.07, 6.45) is 0. The van der Waals surface area contributed by atoms with E-state index in [0.717, 1.165) is 50.1 Å². The fraction of sp³-hybridized carbons (Fsp3) is 0.381. The van der Waals surface area contributed by atoms with E-state index in [1.807, 2.05) is 48.5 Å². The van der Waals surface area contributed by atoms with E-state index >= 15 is 0 Å². The van der Waals surface area contributed by atoms with E-state index in [0.29, 0.717) is 18.9 Å². The minimum Gasteiger partial charge on any atom is -0.506 e. The maximum atomic E-state index is 10.1. The molecule has 7 heteroatoms. The van der Waals surface area contributed by atoms with Gasteiger partial charge in [-0.1, -0.05) is 30.3 Å². The summed E-state index contributed by atoms with van der Waals surface area (Å²) >= 11 is 0. The molecule has 0 radical (unpaired) electrons. The average Bonchev–Trinajstić information content (AvgIpc) is 2.72. The van der Waals surface area contributed by atoms with E-state index in [2.05, 4.69) is 22.0 Å². The Kier molecular flexibility index (Phi) is 9.19. The largest absolute Gasteiger partial charge is 0.506 e. The minimum atomic E-state index is 0. The second-order valence-electron chi connectivity index (χ2n) is 6.36. The molecule has 0 saturated carbocycles. The molecule has 0 bridgehead atoms. The highest BCUT2D eigenvalue weighted by atomic mass is 127. The van der Waals surface area contributed by atoms with E-state index in [1.54, 1.807) is 6.07 Å². The van der Waals surface area contributed by atoms with Crippen molar-refractivity contribution >= 4 is 35.6 Å². The minimum absolute atomic E-state index is 0. The number of guanidine groups is 1. The first kappa shape index (κ1) is 22.1. The van der Waals surface area contributed by atoms with Crippen LogP contribution in [0, 0.1) is 0 Å². The van der Waals surface area contributed by atoms with Gasteiger partial charge >= 0.3 is 0 Å². The van der Waals surface area contributed by atoms with Gasteiger partial charge in [0.05, 0.1) is 12.2 Å².